The van der Waals surface area contributed by atoms with Crippen molar-refractivity contribution in [2.24, 2.45) is 0 Å². The second-order valence-corrected chi connectivity index (χ2v) is 9.85. The summed E-state index contributed by atoms with van der Waals surface area (Å²) in [5.74, 6) is 0.714. The van der Waals surface area contributed by atoms with Crippen LogP contribution in [-0.4, -0.2) is 31.4 Å². The molecular formula is C20H16Cl2N6OS2. The molecule has 0 aliphatic heterocycles. The van der Waals surface area contributed by atoms with E-state index in [0.717, 1.165) is 33.8 Å². The molecule has 0 spiro atoms. The fourth-order valence-electron chi connectivity index (χ4n) is 3.22. The molecule has 1 amide bonds. The van der Waals surface area contributed by atoms with Gasteiger partial charge in [0.25, 0.3) is 0 Å². The molecule has 158 valence electrons. The molecule has 1 aromatic carbocycles. The van der Waals surface area contributed by atoms with Crippen LogP contribution in [0, 0.1) is 0 Å². The third-order valence-corrected chi connectivity index (χ3v) is 7.44. The molecule has 1 aliphatic rings. The number of amides is 1. The first-order chi connectivity index (χ1) is 15.0. The highest BCUT2D eigenvalue weighted by molar-refractivity contribution is 7.99. The van der Waals surface area contributed by atoms with E-state index in [4.69, 9.17) is 28.9 Å². The molecule has 7 nitrogen and oxygen atoms in total. The van der Waals surface area contributed by atoms with Gasteiger partial charge in [0, 0.05) is 22.6 Å². The number of anilines is 2. The van der Waals surface area contributed by atoms with Gasteiger partial charge in [-0.25, -0.2) is 4.98 Å². The van der Waals surface area contributed by atoms with Crippen LogP contribution in [0.5, 0.6) is 0 Å². The summed E-state index contributed by atoms with van der Waals surface area (Å²) in [4.78, 5) is 18.6. The van der Waals surface area contributed by atoms with Crippen molar-refractivity contribution in [3.05, 3.63) is 46.6 Å². The number of fused-ring (bicyclic) bond motifs is 1. The van der Waals surface area contributed by atoms with Gasteiger partial charge in [-0.1, -0.05) is 35.0 Å². The summed E-state index contributed by atoms with van der Waals surface area (Å²) in [6, 6.07) is 9.09. The number of nitrogens with zero attached hydrogens (tertiary/aromatic N) is 4. The molecule has 0 radical (unpaired) electrons. The summed E-state index contributed by atoms with van der Waals surface area (Å²) in [5, 5.41) is 14.1. The van der Waals surface area contributed by atoms with Crippen LogP contribution >= 0.6 is 46.3 Å². The van der Waals surface area contributed by atoms with Crippen LogP contribution in [0.4, 0.5) is 11.4 Å². The van der Waals surface area contributed by atoms with Crippen molar-refractivity contribution >= 4 is 73.8 Å². The Bertz CT molecular complexity index is 1300. The quantitative estimate of drug-likeness (QED) is 0.345. The van der Waals surface area contributed by atoms with Gasteiger partial charge in [-0.15, -0.1) is 21.5 Å². The monoisotopic (exact) mass is 490 g/mol. The minimum absolute atomic E-state index is 0.174. The molecule has 0 bridgehead atoms. The largest absolute Gasteiger partial charge is 0.397 e. The zero-order valence-electron chi connectivity index (χ0n) is 16.0. The van der Waals surface area contributed by atoms with Crippen LogP contribution in [0.3, 0.4) is 0 Å². The Morgan fingerprint density at radius 1 is 1.29 bits per heavy atom. The number of rotatable bonds is 6. The fourth-order valence-corrected chi connectivity index (χ4v) is 5.52. The maximum Gasteiger partial charge on any atom is 0.234 e. The van der Waals surface area contributed by atoms with E-state index in [-0.39, 0.29) is 11.7 Å². The normalized spacial score (nSPS) is 13.6. The SMILES string of the molecule is Nc1c(-c2nnc(SCC(=O)Nc3ccc(Cl)cc3Cl)n2C2CC2)sc2ncccc12. The van der Waals surface area contributed by atoms with Gasteiger partial charge >= 0.3 is 0 Å². The molecule has 3 aromatic heterocycles. The van der Waals surface area contributed by atoms with Gasteiger partial charge in [0.2, 0.25) is 5.91 Å². The molecule has 11 heteroatoms. The highest BCUT2D eigenvalue weighted by Gasteiger charge is 2.32. The van der Waals surface area contributed by atoms with E-state index in [9.17, 15) is 4.79 Å². The first-order valence-electron chi connectivity index (χ1n) is 9.47. The maximum atomic E-state index is 12.5. The van der Waals surface area contributed by atoms with Crippen molar-refractivity contribution in [3.63, 3.8) is 0 Å². The molecule has 1 saturated carbocycles. The lowest BCUT2D eigenvalue weighted by Gasteiger charge is -2.09. The van der Waals surface area contributed by atoms with Crippen molar-refractivity contribution in [1.82, 2.24) is 19.7 Å². The smallest absolute Gasteiger partial charge is 0.234 e. The molecule has 1 fully saturated rings. The second kappa shape index (κ2) is 8.31. The first-order valence-corrected chi connectivity index (χ1v) is 12.0. The Labute approximate surface area is 196 Å². The average Bonchev–Trinajstić information content (AvgIpc) is 3.42. The molecule has 3 heterocycles. The summed E-state index contributed by atoms with van der Waals surface area (Å²) in [5.41, 5.74) is 7.58. The fraction of sp³-hybridized carbons (Fsp3) is 0.200. The zero-order valence-corrected chi connectivity index (χ0v) is 19.2. The van der Waals surface area contributed by atoms with Gasteiger partial charge in [-0.2, -0.15) is 0 Å². The zero-order chi connectivity index (χ0) is 21.5. The van der Waals surface area contributed by atoms with Crippen LogP contribution in [0.25, 0.3) is 20.9 Å². The van der Waals surface area contributed by atoms with Crippen LogP contribution in [0.1, 0.15) is 18.9 Å². The first kappa shape index (κ1) is 20.6. The lowest BCUT2D eigenvalue weighted by molar-refractivity contribution is -0.113. The molecule has 4 aromatic rings. The Balaban J connectivity index is 1.37. The van der Waals surface area contributed by atoms with Crippen molar-refractivity contribution in [2.45, 2.75) is 24.0 Å². The Morgan fingerprint density at radius 2 is 2.13 bits per heavy atom. The van der Waals surface area contributed by atoms with Gasteiger partial charge in [-0.3, -0.25) is 9.36 Å². The summed E-state index contributed by atoms with van der Waals surface area (Å²) < 4.78 is 2.09. The van der Waals surface area contributed by atoms with E-state index in [2.05, 4.69) is 25.1 Å². The van der Waals surface area contributed by atoms with E-state index in [1.807, 2.05) is 12.1 Å². The average molecular weight is 491 g/mol. The van der Waals surface area contributed by atoms with Gasteiger partial charge in [0.05, 0.1) is 27.0 Å². The van der Waals surface area contributed by atoms with Gasteiger partial charge in [0.1, 0.15) is 4.83 Å². The Hall–Kier alpha value is -2.33. The summed E-state index contributed by atoms with van der Waals surface area (Å²) >= 11 is 14.9. The van der Waals surface area contributed by atoms with Crippen LogP contribution in [0.15, 0.2) is 41.7 Å². The number of thioether (sulfide) groups is 1. The van der Waals surface area contributed by atoms with E-state index in [0.29, 0.717) is 32.6 Å². The minimum atomic E-state index is -0.188. The number of hydrogen-bond acceptors (Lipinski definition) is 7. The molecule has 5 rings (SSSR count). The number of aromatic nitrogens is 4. The van der Waals surface area contributed by atoms with Crippen molar-refractivity contribution < 1.29 is 4.79 Å². The van der Waals surface area contributed by atoms with Crippen molar-refractivity contribution in [1.29, 1.82) is 0 Å². The lowest BCUT2D eigenvalue weighted by atomic mass is 10.2. The summed E-state index contributed by atoms with van der Waals surface area (Å²) in [6.07, 6.45) is 3.85. The van der Waals surface area contributed by atoms with Crippen molar-refractivity contribution in [3.8, 4) is 10.7 Å². The van der Waals surface area contributed by atoms with Crippen LogP contribution in [0.2, 0.25) is 10.0 Å². The predicted octanol–water partition coefficient (Wildman–Crippen LogP) is 5.51. The molecule has 0 unspecified atom stereocenters. The highest BCUT2D eigenvalue weighted by atomic mass is 35.5. The van der Waals surface area contributed by atoms with E-state index < -0.39 is 0 Å². The Morgan fingerprint density at radius 3 is 2.87 bits per heavy atom. The number of thiophene rings is 1. The van der Waals surface area contributed by atoms with E-state index >= 15 is 0 Å². The van der Waals surface area contributed by atoms with Crippen LogP contribution in [-0.2, 0) is 4.79 Å². The number of halogens is 2. The number of carbonyl (C=O) groups is 1. The molecule has 1 aliphatic carbocycles. The van der Waals surface area contributed by atoms with Gasteiger partial charge in [-0.05, 0) is 43.2 Å². The number of nitrogen functional groups attached to an aromatic ring is 1. The second-order valence-electron chi connectivity index (χ2n) is 7.07. The van der Waals surface area contributed by atoms with Crippen LogP contribution < -0.4 is 11.1 Å². The third-order valence-electron chi connectivity index (χ3n) is 4.82. The number of hydrogen-bond donors (Lipinski definition) is 2. The number of pyridine rings is 1. The van der Waals surface area contributed by atoms with E-state index in [1.165, 1.54) is 23.1 Å². The Kier molecular flexibility index (Phi) is 5.51. The molecule has 31 heavy (non-hydrogen) atoms. The van der Waals surface area contributed by atoms with Gasteiger partial charge in [0.15, 0.2) is 11.0 Å². The molecule has 0 saturated heterocycles. The number of nitrogens with two attached hydrogens (primary N) is 1. The third kappa shape index (κ3) is 4.10. The lowest BCUT2D eigenvalue weighted by Crippen LogP contribution is -2.15. The molecule has 3 N–H and O–H groups in total. The standard InChI is InChI=1S/C20H16Cl2N6OS2/c21-10-3-6-14(13(22)8-10)25-15(29)9-30-20-27-26-18(28(20)11-4-5-11)17-16(23)12-2-1-7-24-19(12)31-17/h1-3,6-8,11H,4-5,9,23H2,(H,25,29). The number of carbonyl (C=O) groups excluding carboxylic acids is 1. The maximum absolute atomic E-state index is 12.5. The number of benzene rings is 1. The summed E-state index contributed by atoms with van der Waals surface area (Å²) in [7, 11) is 0. The molecule has 0 atom stereocenters. The summed E-state index contributed by atoms with van der Waals surface area (Å²) in [6.45, 7) is 0. The topological polar surface area (TPSA) is 98.7 Å². The highest BCUT2D eigenvalue weighted by Crippen LogP contribution is 2.45. The van der Waals surface area contributed by atoms with Crippen molar-refractivity contribution in [2.75, 3.05) is 16.8 Å². The van der Waals surface area contributed by atoms with E-state index in [1.54, 1.807) is 24.4 Å². The predicted molar refractivity (Wildman–Crippen MR) is 127 cm³/mol. The molecular weight excluding hydrogens is 475 g/mol. The number of nitrogens with one attached hydrogen (secondary N) is 1. The minimum Gasteiger partial charge on any atom is -0.397 e. The van der Waals surface area contributed by atoms with Gasteiger partial charge < -0.3 is 11.1 Å².